The van der Waals surface area contributed by atoms with Crippen LogP contribution in [0.15, 0.2) is 23.5 Å². The summed E-state index contributed by atoms with van der Waals surface area (Å²) in [5.74, 6) is 0.765. The molecule has 25 heavy (non-hydrogen) atoms. The van der Waals surface area contributed by atoms with E-state index in [1.807, 2.05) is 41.9 Å². The fourth-order valence-electron chi connectivity index (χ4n) is 2.77. The normalized spacial score (nSPS) is 18.0. The van der Waals surface area contributed by atoms with E-state index in [4.69, 9.17) is 0 Å². The number of aryl methyl sites for hydroxylation is 1. The molecular weight excluding hydrogens is 446 g/mol. The van der Waals surface area contributed by atoms with Crippen LogP contribution in [0.2, 0.25) is 0 Å². The molecule has 1 aromatic rings. The molecule has 5 nitrogen and oxygen atoms in total. The molecule has 1 atom stereocenters. The van der Waals surface area contributed by atoms with Gasteiger partial charge in [-0.2, -0.15) is 13.2 Å². The van der Waals surface area contributed by atoms with Gasteiger partial charge in [0, 0.05) is 52.2 Å². The van der Waals surface area contributed by atoms with Gasteiger partial charge in [-0.05, 0) is 25.5 Å². The van der Waals surface area contributed by atoms with Crippen molar-refractivity contribution >= 4 is 29.9 Å². The maximum atomic E-state index is 12.8. The summed E-state index contributed by atoms with van der Waals surface area (Å²) in [7, 11) is 1.96. The molecule has 0 radical (unpaired) electrons. The van der Waals surface area contributed by atoms with Gasteiger partial charge in [-0.3, -0.25) is 4.90 Å². The van der Waals surface area contributed by atoms with Crippen LogP contribution in [0.5, 0.6) is 0 Å². The van der Waals surface area contributed by atoms with Crippen molar-refractivity contribution in [1.82, 2.24) is 19.7 Å². The Morgan fingerprint density at radius 1 is 1.28 bits per heavy atom. The van der Waals surface area contributed by atoms with Crippen molar-refractivity contribution < 1.29 is 13.2 Å². The molecular formula is C16H27F3IN5. The minimum atomic E-state index is -4.17. The first-order valence-corrected chi connectivity index (χ1v) is 8.26. The fraction of sp³-hybridized carbons (Fsp3) is 0.688. The molecule has 1 aliphatic rings. The van der Waals surface area contributed by atoms with Crippen LogP contribution >= 0.6 is 24.0 Å². The molecule has 2 rings (SSSR count). The molecule has 1 unspecified atom stereocenters. The quantitative estimate of drug-likeness (QED) is 0.415. The zero-order chi connectivity index (χ0) is 17.7. The standard InChI is InChI=1S/C16H26F3N5.HI/c1-4-20-15(21-11-14-5-6-22(3)12-14)24-9-7-23(8-10-24)13(2)16(17,18)19;/h5-6,12-13H,4,7-11H2,1-3H3,(H,20,21);1H. The Labute approximate surface area is 164 Å². The topological polar surface area (TPSA) is 35.8 Å². The lowest BCUT2D eigenvalue weighted by Crippen LogP contribution is -2.56. The van der Waals surface area contributed by atoms with Crippen LogP contribution in [0.25, 0.3) is 0 Å². The SMILES string of the molecule is CCNC(=NCc1ccn(C)c1)N1CCN(C(C)C(F)(F)F)CC1.I. The lowest BCUT2D eigenvalue weighted by molar-refractivity contribution is -0.181. The first kappa shape index (κ1) is 22.1. The molecule has 1 aliphatic heterocycles. The Kier molecular flexibility index (Phi) is 8.52. The monoisotopic (exact) mass is 473 g/mol. The van der Waals surface area contributed by atoms with Crippen LogP contribution in [0.1, 0.15) is 19.4 Å². The van der Waals surface area contributed by atoms with Crippen LogP contribution in [-0.2, 0) is 13.6 Å². The van der Waals surface area contributed by atoms with Crippen LogP contribution in [0.3, 0.4) is 0 Å². The van der Waals surface area contributed by atoms with Gasteiger partial charge >= 0.3 is 6.18 Å². The first-order chi connectivity index (χ1) is 11.3. The summed E-state index contributed by atoms with van der Waals surface area (Å²) in [6.07, 6.45) is -0.195. The van der Waals surface area contributed by atoms with E-state index in [1.165, 1.54) is 11.8 Å². The molecule has 0 aromatic carbocycles. The largest absolute Gasteiger partial charge is 0.403 e. The first-order valence-electron chi connectivity index (χ1n) is 8.26. The Hall–Kier alpha value is -0.970. The number of hydrogen-bond donors (Lipinski definition) is 1. The summed E-state index contributed by atoms with van der Waals surface area (Å²) >= 11 is 0. The third-order valence-corrected chi connectivity index (χ3v) is 4.27. The molecule has 0 spiro atoms. The second kappa shape index (κ2) is 9.65. The highest BCUT2D eigenvalue weighted by Crippen LogP contribution is 2.25. The minimum Gasteiger partial charge on any atom is -0.357 e. The van der Waals surface area contributed by atoms with Gasteiger partial charge < -0.3 is 14.8 Å². The van der Waals surface area contributed by atoms with E-state index in [9.17, 15) is 13.2 Å². The lowest BCUT2D eigenvalue weighted by atomic mass is 10.2. The third kappa shape index (κ3) is 6.36. The highest BCUT2D eigenvalue weighted by Gasteiger charge is 2.41. The summed E-state index contributed by atoms with van der Waals surface area (Å²) in [6.45, 7) is 6.36. The van der Waals surface area contributed by atoms with E-state index in [2.05, 4.69) is 10.3 Å². The van der Waals surface area contributed by atoms with E-state index >= 15 is 0 Å². The van der Waals surface area contributed by atoms with Crippen molar-refractivity contribution in [3.8, 4) is 0 Å². The van der Waals surface area contributed by atoms with Gasteiger partial charge in [-0.15, -0.1) is 24.0 Å². The summed E-state index contributed by atoms with van der Waals surface area (Å²) in [5.41, 5.74) is 1.11. The van der Waals surface area contributed by atoms with E-state index in [1.54, 1.807) is 0 Å². The van der Waals surface area contributed by atoms with Gasteiger partial charge in [-0.1, -0.05) is 0 Å². The zero-order valence-corrected chi connectivity index (χ0v) is 17.2. The molecule has 0 saturated carbocycles. The predicted molar refractivity (Wildman–Crippen MR) is 104 cm³/mol. The number of alkyl halides is 3. The number of piperazine rings is 1. The number of halogens is 4. The molecule has 1 fully saturated rings. The number of rotatable bonds is 4. The fourth-order valence-corrected chi connectivity index (χ4v) is 2.77. The molecule has 1 aromatic heterocycles. The van der Waals surface area contributed by atoms with Gasteiger partial charge in [0.15, 0.2) is 5.96 Å². The molecule has 144 valence electrons. The number of aliphatic imine (C=N–C) groups is 1. The number of nitrogens with zero attached hydrogens (tertiary/aromatic N) is 4. The van der Waals surface area contributed by atoms with Crippen molar-refractivity contribution in [2.75, 3.05) is 32.7 Å². The number of nitrogens with one attached hydrogen (secondary N) is 1. The highest BCUT2D eigenvalue weighted by atomic mass is 127. The Balaban J connectivity index is 0.00000312. The second-order valence-corrected chi connectivity index (χ2v) is 6.10. The third-order valence-electron chi connectivity index (χ3n) is 4.27. The molecule has 0 amide bonds. The maximum Gasteiger partial charge on any atom is 0.403 e. The molecule has 0 aliphatic carbocycles. The van der Waals surface area contributed by atoms with Gasteiger partial charge in [0.1, 0.15) is 6.04 Å². The van der Waals surface area contributed by atoms with E-state index in [0.29, 0.717) is 32.7 Å². The zero-order valence-electron chi connectivity index (χ0n) is 14.9. The van der Waals surface area contributed by atoms with Crippen molar-refractivity contribution in [1.29, 1.82) is 0 Å². The summed E-state index contributed by atoms with van der Waals surface area (Å²) in [4.78, 5) is 8.13. The van der Waals surface area contributed by atoms with Gasteiger partial charge in [0.2, 0.25) is 0 Å². The molecule has 0 bridgehead atoms. The average molecular weight is 473 g/mol. The van der Waals surface area contributed by atoms with Crippen molar-refractivity contribution in [3.05, 3.63) is 24.0 Å². The number of aromatic nitrogens is 1. The molecule has 9 heteroatoms. The summed E-state index contributed by atoms with van der Waals surface area (Å²) in [6, 6.07) is 0.610. The summed E-state index contributed by atoms with van der Waals surface area (Å²) < 4.78 is 40.4. The van der Waals surface area contributed by atoms with Crippen LogP contribution in [0, 0.1) is 0 Å². The van der Waals surface area contributed by atoms with E-state index in [-0.39, 0.29) is 24.0 Å². The van der Waals surface area contributed by atoms with E-state index in [0.717, 1.165) is 18.1 Å². The van der Waals surface area contributed by atoms with Gasteiger partial charge in [-0.25, -0.2) is 4.99 Å². The summed E-state index contributed by atoms with van der Waals surface area (Å²) in [5, 5.41) is 3.23. The van der Waals surface area contributed by atoms with Gasteiger partial charge in [0.25, 0.3) is 0 Å². The Morgan fingerprint density at radius 3 is 2.40 bits per heavy atom. The molecule has 1 N–H and O–H groups in total. The second-order valence-electron chi connectivity index (χ2n) is 6.10. The smallest absolute Gasteiger partial charge is 0.357 e. The van der Waals surface area contributed by atoms with Crippen molar-refractivity contribution in [2.45, 2.75) is 32.6 Å². The predicted octanol–water partition coefficient (Wildman–Crippen LogP) is 2.68. The van der Waals surface area contributed by atoms with Crippen molar-refractivity contribution in [3.63, 3.8) is 0 Å². The molecule has 1 saturated heterocycles. The Bertz CT molecular complexity index is 550. The highest BCUT2D eigenvalue weighted by molar-refractivity contribution is 14.0. The number of guanidine groups is 1. The minimum absolute atomic E-state index is 0. The van der Waals surface area contributed by atoms with Crippen LogP contribution in [-0.4, -0.2) is 65.3 Å². The number of hydrogen-bond acceptors (Lipinski definition) is 2. The van der Waals surface area contributed by atoms with Gasteiger partial charge in [0.05, 0.1) is 6.54 Å². The molecule has 2 heterocycles. The van der Waals surface area contributed by atoms with Crippen LogP contribution in [0.4, 0.5) is 13.2 Å². The Morgan fingerprint density at radius 2 is 1.92 bits per heavy atom. The lowest BCUT2D eigenvalue weighted by Gasteiger charge is -2.39. The average Bonchev–Trinajstić information content (AvgIpc) is 2.95. The van der Waals surface area contributed by atoms with Crippen molar-refractivity contribution in [2.24, 2.45) is 12.0 Å². The van der Waals surface area contributed by atoms with E-state index < -0.39 is 12.2 Å². The maximum absolute atomic E-state index is 12.8. The van der Waals surface area contributed by atoms with Crippen LogP contribution < -0.4 is 5.32 Å².